The molecular weight excluding hydrogens is 244 g/mol. The van der Waals surface area contributed by atoms with Crippen molar-refractivity contribution in [3.8, 4) is 5.75 Å². The maximum atomic E-state index is 10.7. The van der Waals surface area contributed by atoms with E-state index in [0.29, 0.717) is 18.8 Å². The van der Waals surface area contributed by atoms with E-state index in [1.807, 2.05) is 31.2 Å². The molecule has 0 spiro atoms. The van der Waals surface area contributed by atoms with Gasteiger partial charge < -0.3 is 19.3 Å². The molecule has 1 N–H and O–H groups in total. The van der Waals surface area contributed by atoms with Gasteiger partial charge in [0, 0.05) is 26.2 Å². The first kappa shape index (κ1) is 16.0. The molecule has 4 nitrogen and oxygen atoms in total. The lowest BCUT2D eigenvalue weighted by Gasteiger charge is -2.29. The highest BCUT2D eigenvalue weighted by Gasteiger charge is 2.30. The summed E-state index contributed by atoms with van der Waals surface area (Å²) in [7, 11) is 3.12. The van der Waals surface area contributed by atoms with Crippen LogP contribution in [0.25, 0.3) is 0 Å². The van der Waals surface area contributed by atoms with E-state index in [4.69, 9.17) is 14.2 Å². The van der Waals surface area contributed by atoms with E-state index in [0.717, 1.165) is 12.0 Å². The third kappa shape index (κ3) is 4.49. The van der Waals surface area contributed by atoms with Crippen molar-refractivity contribution in [3.63, 3.8) is 0 Å². The fourth-order valence-corrected chi connectivity index (χ4v) is 1.95. The molecule has 1 unspecified atom stereocenters. The van der Waals surface area contributed by atoms with Crippen molar-refractivity contribution in [2.75, 3.05) is 20.8 Å². The minimum atomic E-state index is -1.07. The third-order valence-electron chi connectivity index (χ3n) is 3.02. The van der Waals surface area contributed by atoms with Crippen molar-refractivity contribution < 1.29 is 19.3 Å². The van der Waals surface area contributed by atoms with Gasteiger partial charge in [0.15, 0.2) is 6.29 Å². The van der Waals surface area contributed by atoms with Gasteiger partial charge in [-0.15, -0.1) is 0 Å². The van der Waals surface area contributed by atoms with Crippen LogP contribution in [0, 0.1) is 0 Å². The average Bonchev–Trinajstić information content (AvgIpc) is 2.42. The molecule has 1 rings (SSSR count). The highest BCUT2D eigenvalue weighted by molar-refractivity contribution is 5.37. The maximum absolute atomic E-state index is 10.7. The second kappa shape index (κ2) is 7.48. The van der Waals surface area contributed by atoms with Gasteiger partial charge in [-0.25, -0.2) is 0 Å². The molecule has 4 heteroatoms. The lowest BCUT2D eigenvalue weighted by Crippen LogP contribution is -2.30. The highest BCUT2D eigenvalue weighted by Crippen LogP contribution is 2.33. The van der Waals surface area contributed by atoms with E-state index in [2.05, 4.69) is 0 Å². The van der Waals surface area contributed by atoms with Crippen LogP contribution >= 0.6 is 0 Å². The first-order valence-electron chi connectivity index (χ1n) is 6.55. The number of para-hydroxylation sites is 1. The number of rotatable bonds is 8. The molecule has 0 fully saturated rings. The van der Waals surface area contributed by atoms with Crippen LogP contribution in [-0.2, 0) is 15.1 Å². The molecule has 0 saturated heterocycles. The molecule has 0 heterocycles. The summed E-state index contributed by atoms with van der Waals surface area (Å²) in [6.07, 6.45) is 0.816. The summed E-state index contributed by atoms with van der Waals surface area (Å²) in [5.74, 6) is 0.709. The average molecular weight is 268 g/mol. The number of benzene rings is 1. The highest BCUT2D eigenvalue weighted by atomic mass is 16.7. The first-order chi connectivity index (χ1) is 9.05. The van der Waals surface area contributed by atoms with E-state index < -0.39 is 11.9 Å². The summed E-state index contributed by atoms with van der Waals surface area (Å²) >= 11 is 0. The zero-order chi connectivity index (χ0) is 14.3. The van der Waals surface area contributed by atoms with Gasteiger partial charge in [0.05, 0.1) is 12.2 Å². The number of methoxy groups -OCH3 is 2. The Labute approximate surface area is 115 Å². The molecule has 0 aromatic heterocycles. The number of ether oxygens (including phenoxy) is 3. The molecule has 0 aliphatic carbocycles. The van der Waals surface area contributed by atoms with Crippen molar-refractivity contribution in [1.29, 1.82) is 0 Å². The van der Waals surface area contributed by atoms with E-state index in [-0.39, 0.29) is 0 Å². The maximum Gasteiger partial charge on any atom is 0.159 e. The summed E-state index contributed by atoms with van der Waals surface area (Å²) in [6, 6.07) is 7.52. The third-order valence-corrected chi connectivity index (χ3v) is 3.02. The van der Waals surface area contributed by atoms with Gasteiger partial charge in [-0.1, -0.05) is 25.1 Å². The summed E-state index contributed by atoms with van der Waals surface area (Å²) in [6.45, 7) is 4.42. The molecule has 0 radical (unpaired) electrons. The normalized spacial score (nSPS) is 14.4. The van der Waals surface area contributed by atoms with E-state index >= 15 is 0 Å². The van der Waals surface area contributed by atoms with Gasteiger partial charge in [-0.2, -0.15) is 0 Å². The summed E-state index contributed by atoms with van der Waals surface area (Å²) < 4.78 is 16.0. The van der Waals surface area contributed by atoms with Crippen LogP contribution in [0.1, 0.15) is 32.3 Å². The minimum Gasteiger partial charge on any atom is -0.493 e. The van der Waals surface area contributed by atoms with Crippen molar-refractivity contribution in [1.82, 2.24) is 0 Å². The number of hydrogen-bond acceptors (Lipinski definition) is 4. The Bertz CT molecular complexity index is 372. The van der Waals surface area contributed by atoms with Gasteiger partial charge >= 0.3 is 0 Å². The Morgan fingerprint density at radius 3 is 2.42 bits per heavy atom. The zero-order valence-electron chi connectivity index (χ0n) is 12.2. The van der Waals surface area contributed by atoms with Crippen LogP contribution in [0.5, 0.6) is 5.75 Å². The Kier molecular flexibility index (Phi) is 6.28. The van der Waals surface area contributed by atoms with Gasteiger partial charge in [0.2, 0.25) is 0 Å². The van der Waals surface area contributed by atoms with Crippen LogP contribution in [0.2, 0.25) is 0 Å². The lowest BCUT2D eigenvalue weighted by atomic mass is 9.91. The van der Waals surface area contributed by atoms with Crippen LogP contribution in [-0.4, -0.2) is 32.2 Å². The fourth-order valence-electron chi connectivity index (χ4n) is 1.95. The van der Waals surface area contributed by atoms with Crippen molar-refractivity contribution in [3.05, 3.63) is 29.8 Å². The van der Waals surface area contributed by atoms with Crippen LogP contribution in [0.4, 0.5) is 0 Å². The molecule has 1 aromatic carbocycles. The molecule has 19 heavy (non-hydrogen) atoms. The first-order valence-corrected chi connectivity index (χ1v) is 6.55. The smallest absolute Gasteiger partial charge is 0.159 e. The molecule has 1 aromatic rings. The van der Waals surface area contributed by atoms with Gasteiger partial charge in [0.25, 0.3) is 0 Å². The number of aliphatic hydroxyl groups is 1. The van der Waals surface area contributed by atoms with E-state index in [1.54, 1.807) is 21.1 Å². The van der Waals surface area contributed by atoms with Crippen LogP contribution in [0.15, 0.2) is 24.3 Å². The molecule has 0 amide bonds. The van der Waals surface area contributed by atoms with Gasteiger partial charge in [-0.3, -0.25) is 0 Å². The Hall–Kier alpha value is -1.10. The van der Waals surface area contributed by atoms with Gasteiger partial charge in [-0.05, 0) is 19.4 Å². The topological polar surface area (TPSA) is 47.9 Å². The quantitative estimate of drug-likeness (QED) is 0.736. The molecule has 108 valence electrons. The standard InChI is InChI=1S/C15H24O4/c1-5-10-19-13-9-7-6-8-12(13)15(2,16)11-14(17-3)18-4/h6-9,14,16H,5,10-11H2,1-4H3. The molecular formula is C15H24O4. The van der Waals surface area contributed by atoms with Crippen LogP contribution in [0.3, 0.4) is 0 Å². The van der Waals surface area contributed by atoms with Crippen molar-refractivity contribution in [2.24, 2.45) is 0 Å². The van der Waals surface area contributed by atoms with E-state index in [1.165, 1.54) is 0 Å². The summed E-state index contributed by atoms with van der Waals surface area (Å²) in [5, 5.41) is 10.7. The summed E-state index contributed by atoms with van der Waals surface area (Å²) in [4.78, 5) is 0. The Morgan fingerprint density at radius 1 is 1.21 bits per heavy atom. The monoisotopic (exact) mass is 268 g/mol. The second-order valence-electron chi connectivity index (χ2n) is 4.72. The molecule has 0 aliphatic heterocycles. The minimum absolute atomic E-state index is 0.340. The fraction of sp³-hybridized carbons (Fsp3) is 0.600. The predicted molar refractivity (Wildman–Crippen MR) is 74.2 cm³/mol. The molecule has 0 saturated carbocycles. The van der Waals surface area contributed by atoms with Crippen LogP contribution < -0.4 is 4.74 Å². The largest absolute Gasteiger partial charge is 0.493 e. The zero-order valence-corrected chi connectivity index (χ0v) is 12.2. The van der Waals surface area contributed by atoms with Gasteiger partial charge in [0.1, 0.15) is 5.75 Å². The Balaban J connectivity index is 2.92. The number of hydrogen-bond donors (Lipinski definition) is 1. The van der Waals surface area contributed by atoms with Crippen molar-refractivity contribution >= 4 is 0 Å². The van der Waals surface area contributed by atoms with E-state index in [9.17, 15) is 5.11 Å². The molecule has 0 aliphatic rings. The molecule has 1 atom stereocenters. The summed E-state index contributed by atoms with van der Waals surface area (Å²) in [5.41, 5.74) is -0.316. The SMILES string of the molecule is CCCOc1ccccc1C(C)(O)CC(OC)OC. The molecule has 0 bridgehead atoms. The second-order valence-corrected chi connectivity index (χ2v) is 4.72. The predicted octanol–water partition coefficient (Wildman–Crippen LogP) is 2.69. The van der Waals surface area contributed by atoms with Crippen molar-refractivity contribution in [2.45, 2.75) is 38.6 Å². The Morgan fingerprint density at radius 2 is 1.84 bits per heavy atom. The lowest BCUT2D eigenvalue weighted by molar-refractivity contribution is -0.142.